The van der Waals surface area contributed by atoms with Crippen molar-refractivity contribution < 1.29 is 13.6 Å². The lowest BCUT2D eigenvalue weighted by Crippen LogP contribution is -2.38. The fourth-order valence-corrected chi connectivity index (χ4v) is 1.67. The molecule has 0 spiro atoms. The fourth-order valence-electron chi connectivity index (χ4n) is 1.67. The Morgan fingerprint density at radius 3 is 2.50 bits per heavy atom. The van der Waals surface area contributed by atoms with Crippen LogP contribution in [0.3, 0.4) is 0 Å². The van der Waals surface area contributed by atoms with Crippen LogP contribution in [0.4, 0.5) is 14.5 Å². The quantitative estimate of drug-likeness (QED) is 0.769. The highest BCUT2D eigenvalue weighted by Crippen LogP contribution is 2.38. The summed E-state index contributed by atoms with van der Waals surface area (Å²) in [6.07, 6.45) is 0. The second-order valence-corrected chi connectivity index (χ2v) is 3.35. The van der Waals surface area contributed by atoms with Gasteiger partial charge in [-0.3, -0.25) is 4.79 Å². The van der Waals surface area contributed by atoms with Crippen molar-refractivity contribution in [1.29, 1.82) is 0 Å². The molecule has 1 aromatic rings. The molecule has 2 rings (SSSR count). The molecule has 1 heterocycles. The third-order valence-corrected chi connectivity index (χ3v) is 2.58. The van der Waals surface area contributed by atoms with Gasteiger partial charge in [-0.15, -0.1) is 0 Å². The normalized spacial score (nSPS) is 17.7. The summed E-state index contributed by atoms with van der Waals surface area (Å²) in [4.78, 5) is 11.4. The Labute approximate surface area is 79.9 Å². The Morgan fingerprint density at radius 1 is 1.21 bits per heavy atom. The molecule has 0 saturated heterocycles. The van der Waals surface area contributed by atoms with Gasteiger partial charge in [0.1, 0.15) is 18.8 Å². The molecule has 0 unspecified atom stereocenters. The molecule has 0 radical (unpaired) electrons. The molecular formula is C10H9F2NO. The largest absolute Gasteiger partial charge is 0.325 e. The highest BCUT2D eigenvalue weighted by molar-refractivity contribution is 6.06. The first-order valence-electron chi connectivity index (χ1n) is 4.27. The zero-order chi connectivity index (χ0) is 10.2. The summed E-state index contributed by atoms with van der Waals surface area (Å²) in [5.41, 5.74) is -0.695. The Hall–Kier alpha value is -1.45. The lowest BCUT2D eigenvalue weighted by Gasteiger charge is -2.18. The summed E-state index contributed by atoms with van der Waals surface area (Å²) in [7, 11) is 0. The van der Waals surface area contributed by atoms with Crippen molar-refractivity contribution in [2.45, 2.75) is 5.41 Å². The molecule has 0 atom stereocenters. The molecule has 2 nitrogen and oxygen atoms in total. The highest BCUT2D eigenvalue weighted by atomic mass is 19.1. The minimum Gasteiger partial charge on any atom is -0.325 e. The van der Waals surface area contributed by atoms with Crippen LogP contribution in [0.15, 0.2) is 24.3 Å². The zero-order valence-corrected chi connectivity index (χ0v) is 7.39. The second kappa shape index (κ2) is 3.04. The van der Waals surface area contributed by atoms with E-state index in [-0.39, 0.29) is 0 Å². The number of hydrogen-bond acceptors (Lipinski definition) is 1. The van der Waals surface area contributed by atoms with E-state index in [0.717, 1.165) is 0 Å². The third kappa shape index (κ3) is 0.967. The number of anilines is 1. The maximum atomic E-state index is 12.8. The van der Waals surface area contributed by atoms with Crippen LogP contribution in [-0.2, 0) is 10.2 Å². The molecule has 0 bridgehead atoms. The lowest BCUT2D eigenvalue weighted by atomic mass is 9.84. The molecule has 0 saturated carbocycles. The standard InChI is InChI=1S/C10H9F2NO/c11-5-10(6-12)7-3-1-2-4-8(7)13-9(10)14/h1-4H,5-6H2,(H,13,14). The van der Waals surface area contributed by atoms with E-state index >= 15 is 0 Å². The minimum atomic E-state index is -1.61. The second-order valence-electron chi connectivity index (χ2n) is 3.35. The van der Waals surface area contributed by atoms with Gasteiger partial charge in [0.25, 0.3) is 0 Å². The van der Waals surface area contributed by atoms with E-state index in [2.05, 4.69) is 5.32 Å². The first-order chi connectivity index (χ1) is 6.74. The Bertz CT molecular complexity index is 374. The molecule has 0 aliphatic carbocycles. The van der Waals surface area contributed by atoms with E-state index < -0.39 is 24.7 Å². The number of para-hydroxylation sites is 1. The average molecular weight is 197 g/mol. The number of benzene rings is 1. The SMILES string of the molecule is O=C1Nc2ccccc2C1(CF)CF. The molecule has 14 heavy (non-hydrogen) atoms. The summed E-state index contributed by atoms with van der Waals surface area (Å²) in [6, 6.07) is 6.59. The monoisotopic (exact) mass is 197 g/mol. The van der Waals surface area contributed by atoms with Gasteiger partial charge >= 0.3 is 0 Å². The van der Waals surface area contributed by atoms with Crippen molar-refractivity contribution in [3.8, 4) is 0 Å². The highest BCUT2D eigenvalue weighted by Gasteiger charge is 2.47. The maximum Gasteiger partial charge on any atom is 0.240 e. The van der Waals surface area contributed by atoms with Crippen LogP contribution in [0, 0.1) is 0 Å². The third-order valence-electron chi connectivity index (χ3n) is 2.58. The maximum absolute atomic E-state index is 12.8. The van der Waals surface area contributed by atoms with E-state index in [9.17, 15) is 13.6 Å². The summed E-state index contributed by atoms with van der Waals surface area (Å²) < 4.78 is 25.6. The van der Waals surface area contributed by atoms with Gasteiger partial charge in [-0.05, 0) is 11.6 Å². The van der Waals surface area contributed by atoms with E-state index in [4.69, 9.17) is 0 Å². The minimum absolute atomic E-state index is 0.412. The zero-order valence-electron chi connectivity index (χ0n) is 7.39. The molecule has 1 aliphatic rings. The van der Waals surface area contributed by atoms with Crippen molar-refractivity contribution in [1.82, 2.24) is 0 Å². The van der Waals surface area contributed by atoms with Gasteiger partial charge < -0.3 is 5.32 Å². The Kier molecular flexibility index (Phi) is 1.98. The molecule has 1 aromatic carbocycles. The van der Waals surface area contributed by atoms with Gasteiger partial charge in [0.2, 0.25) is 5.91 Å². The number of rotatable bonds is 2. The number of nitrogens with one attached hydrogen (secondary N) is 1. The van der Waals surface area contributed by atoms with E-state index in [1.165, 1.54) is 0 Å². The van der Waals surface area contributed by atoms with Gasteiger partial charge in [-0.25, -0.2) is 8.78 Å². The van der Waals surface area contributed by atoms with Crippen LogP contribution >= 0.6 is 0 Å². The van der Waals surface area contributed by atoms with Crippen LogP contribution < -0.4 is 5.32 Å². The summed E-state index contributed by atoms with van der Waals surface area (Å²) in [5, 5.41) is 2.47. The predicted octanol–water partition coefficient (Wildman–Crippen LogP) is 1.82. The average Bonchev–Trinajstić information content (AvgIpc) is 2.50. The smallest absolute Gasteiger partial charge is 0.240 e. The Balaban J connectivity index is 2.58. The van der Waals surface area contributed by atoms with Crippen LogP contribution in [0.2, 0.25) is 0 Å². The number of halogens is 2. The number of fused-ring (bicyclic) bond motifs is 1. The van der Waals surface area contributed by atoms with Crippen LogP contribution in [-0.4, -0.2) is 19.3 Å². The molecular weight excluding hydrogens is 188 g/mol. The van der Waals surface area contributed by atoms with E-state index in [1.807, 2.05) is 0 Å². The first-order valence-corrected chi connectivity index (χ1v) is 4.27. The summed E-state index contributed by atoms with van der Waals surface area (Å²) in [6.45, 7) is -2.02. The molecule has 0 fully saturated rings. The van der Waals surface area contributed by atoms with Crippen molar-refractivity contribution in [3.63, 3.8) is 0 Å². The summed E-state index contributed by atoms with van der Waals surface area (Å²) in [5.74, 6) is -0.594. The van der Waals surface area contributed by atoms with Crippen LogP contribution in [0.5, 0.6) is 0 Å². The molecule has 74 valence electrons. The molecule has 1 N–H and O–H groups in total. The molecule has 1 aliphatic heterocycles. The summed E-state index contributed by atoms with van der Waals surface area (Å²) >= 11 is 0. The van der Waals surface area contributed by atoms with Gasteiger partial charge in [0.15, 0.2) is 0 Å². The van der Waals surface area contributed by atoms with Crippen molar-refractivity contribution >= 4 is 11.6 Å². The van der Waals surface area contributed by atoms with Crippen molar-refractivity contribution in [2.24, 2.45) is 0 Å². The van der Waals surface area contributed by atoms with Gasteiger partial charge in [-0.1, -0.05) is 18.2 Å². The number of hydrogen-bond donors (Lipinski definition) is 1. The fraction of sp³-hybridized carbons (Fsp3) is 0.300. The van der Waals surface area contributed by atoms with Crippen molar-refractivity contribution in [3.05, 3.63) is 29.8 Å². The molecule has 4 heteroatoms. The van der Waals surface area contributed by atoms with Crippen molar-refractivity contribution in [2.75, 3.05) is 18.7 Å². The van der Waals surface area contributed by atoms with Gasteiger partial charge in [-0.2, -0.15) is 0 Å². The number of alkyl halides is 2. The number of amides is 1. The number of carbonyl (C=O) groups excluding carboxylic acids is 1. The van der Waals surface area contributed by atoms with Crippen LogP contribution in [0.25, 0.3) is 0 Å². The Morgan fingerprint density at radius 2 is 1.86 bits per heavy atom. The lowest BCUT2D eigenvalue weighted by molar-refractivity contribution is -0.122. The number of carbonyl (C=O) groups is 1. The van der Waals surface area contributed by atoms with Gasteiger partial charge in [0, 0.05) is 5.69 Å². The van der Waals surface area contributed by atoms with Gasteiger partial charge in [0.05, 0.1) is 0 Å². The topological polar surface area (TPSA) is 29.1 Å². The van der Waals surface area contributed by atoms with Crippen LogP contribution in [0.1, 0.15) is 5.56 Å². The molecule has 0 aromatic heterocycles. The van der Waals surface area contributed by atoms with E-state index in [0.29, 0.717) is 11.3 Å². The predicted molar refractivity (Wildman–Crippen MR) is 48.7 cm³/mol. The molecule has 1 amide bonds. The first kappa shape index (κ1) is 9.12. The van der Waals surface area contributed by atoms with E-state index in [1.54, 1.807) is 24.3 Å².